The number of rotatable bonds is 7. The Morgan fingerprint density at radius 1 is 1.56 bits per heavy atom. The molecule has 102 valence electrons. The van der Waals surface area contributed by atoms with Crippen molar-refractivity contribution < 1.29 is 4.74 Å². The van der Waals surface area contributed by atoms with Gasteiger partial charge in [0.1, 0.15) is 0 Å². The van der Waals surface area contributed by atoms with Gasteiger partial charge >= 0.3 is 0 Å². The van der Waals surface area contributed by atoms with Crippen molar-refractivity contribution in [3.63, 3.8) is 0 Å². The maximum atomic E-state index is 5.11. The van der Waals surface area contributed by atoms with Crippen molar-refractivity contribution in [3.05, 3.63) is 12.4 Å². The predicted octanol–water partition coefficient (Wildman–Crippen LogP) is 1.11. The number of aromatic nitrogens is 2. The largest absolute Gasteiger partial charge is 0.385 e. The fourth-order valence-electron chi connectivity index (χ4n) is 2.66. The van der Waals surface area contributed by atoms with Gasteiger partial charge in [0.25, 0.3) is 0 Å². The maximum Gasteiger partial charge on any atom is 0.205 e. The summed E-state index contributed by atoms with van der Waals surface area (Å²) in [4.78, 5) is 6.96. The lowest BCUT2D eigenvalue weighted by Crippen LogP contribution is -2.38. The van der Waals surface area contributed by atoms with Crippen LogP contribution in [0.1, 0.15) is 19.3 Å². The van der Waals surface area contributed by atoms with Gasteiger partial charge in [-0.15, -0.1) is 0 Å². The van der Waals surface area contributed by atoms with Gasteiger partial charge in [0.15, 0.2) is 0 Å². The second kappa shape index (κ2) is 6.75. The Morgan fingerprint density at radius 2 is 2.44 bits per heavy atom. The van der Waals surface area contributed by atoms with E-state index in [0.717, 1.165) is 38.6 Å². The Morgan fingerprint density at radius 3 is 3.22 bits per heavy atom. The van der Waals surface area contributed by atoms with Crippen molar-refractivity contribution in [3.8, 4) is 0 Å². The lowest BCUT2D eigenvalue weighted by molar-refractivity contribution is 0.190. The summed E-state index contributed by atoms with van der Waals surface area (Å²) in [5.74, 6) is 1.11. The second-order valence-electron chi connectivity index (χ2n) is 4.81. The summed E-state index contributed by atoms with van der Waals surface area (Å²) >= 11 is 0. The maximum absolute atomic E-state index is 5.11. The number of nitrogens with one attached hydrogen (secondary N) is 1. The highest BCUT2D eigenvalue weighted by Gasteiger charge is 2.26. The molecule has 1 aliphatic heterocycles. The van der Waals surface area contributed by atoms with Crippen molar-refractivity contribution in [1.82, 2.24) is 14.9 Å². The Bertz CT molecular complexity index is 353. The number of ether oxygens (including phenoxy) is 1. The number of methoxy groups -OCH3 is 1. The Kier molecular flexibility index (Phi) is 5.01. The zero-order valence-corrected chi connectivity index (χ0v) is 11.4. The topological polar surface area (TPSA) is 42.3 Å². The number of nitrogens with zero attached hydrogens (tertiary/aromatic N) is 3. The molecule has 1 N–H and O–H groups in total. The third kappa shape index (κ3) is 3.03. The SMILES string of the molecule is CNCC1CCCN1c1nccn1CCCOC. The number of anilines is 1. The van der Waals surface area contributed by atoms with Crippen LogP contribution in [0.5, 0.6) is 0 Å². The van der Waals surface area contributed by atoms with E-state index in [2.05, 4.69) is 26.0 Å². The Labute approximate surface area is 109 Å². The molecule has 18 heavy (non-hydrogen) atoms. The molecule has 1 aromatic rings. The summed E-state index contributed by atoms with van der Waals surface area (Å²) in [6.07, 6.45) is 7.52. The molecule has 2 heterocycles. The minimum atomic E-state index is 0.582. The minimum absolute atomic E-state index is 0.582. The zero-order chi connectivity index (χ0) is 12.8. The van der Waals surface area contributed by atoms with Gasteiger partial charge in [-0.05, 0) is 26.3 Å². The number of hydrogen-bond donors (Lipinski definition) is 1. The summed E-state index contributed by atoms with van der Waals surface area (Å²) in [7, 11) is 3.76. The number of likely N-dealkylation sites (N-methyl/N-ethyl adjacent to an activating group) is 1. The molecular weight excluding hydrogens is 228 g/mol. The number of imidazole rings is 1. The average Bonchev–Trinajstić information content (AvgIpc) is 2.98. The monoisotopic (exact) mass is 252 g/mol. The van der Waals surface area contributed by atoms with Gasteiger partial charge in [0.05, 0.1) is 0 Å². The van der Waals surface area contributed by atoms with E-state index >= 15 is 0 Å². The van der Waals surface area contributed by atoms with E-state index in [1.807, 2.05) is 13.2 Å². The smallest absolute Gasteiger partial charge is 0.205 e. The molecule has 1 atom stereocenters. The number of hydrogen-bond acceptors (Lipinski definition) is 4. The van der Waals surface area contributed by atoms with Crippen molar-refractivity contribution in [2.24, 2.45) is 0 Å². The first-order valence-electron chi connectivity index (χ1n) is 6.78. The normalized spacial score (nSPS) is 19.7. The molecule has 1 saturated heterocycles. The van der Waals surface area contributed by atoms with Gasteiger partial charge in [-0.25, -0.2) is 4.98 Å². The Hall–Kier alpha value is -1.07. The molecule has 0 aromatic carbocycles. The Balaban J connectivity index is 2.01. The summed E-state index contributed by atoms with van der Waals surface area (Å²) < 4.78 is 7.35. The molecule has 0 spiro atoms. The molecular formula is C13H24N4O. The van der Waals surface area contributed by atoms with Crippen LogP contribution in [0.2, 0.25) is 0 Å². The van der Waals surface area contributed by atoms with Gasteiger partial charge in [0.2, 0.25) is 5.95 Å². The fourth-order valence-corrected chi connectivity index (χ4v) is 2.66. The summed E-state index contributed by atoms with van der Waals surface area (Å²) in [6.45, 7) is 3.93. The lowest BCUT2D eigenvalue weighted by atomic mass is 10.2. The number of aryl methyl sites for hydroxylation is 1. The van der Waals surface area contributed by atoms with Crippen molar-refractivity contribution in [2.75, 3.05) is 38.8 Å². The van der Waals surface area contributed by atoms with Crippen LogP contribution in [0.3, 0.4) is 0 Å². The molecule has 0 radical (unpaired) electrons. The van der Waals surface area contributed by atoms with Crippen LogP contribution in [0.4, 0.5) is 5.95 Å². The lowest BCUT2D eigenvalue weighted by Gasteiger charge is -2.26. The fraction of sp³-hybridized carbons (Fsp3) is 0.769. The van der Waals surface area contributed by atoms with E-state index in [0.29, 0.717) is 6.04 Å². The third-order valence-electron chi connectivity index (χ3n) is 3.51. The molecule has 1 unspecified atom stereocenters. The van der Waals surface area contributed by atoms with Gasteiger partial charge in [-0.2, -0.15) is 0 Å². The van der Waals surface area contributed by atoms with Gasteiger partial charge in [-0.3, -0.25) is 0 Å². The molecule has 1 aliphatic rings. The first kappa shape index (κ1) is 13.4. The van der Waals surface area contributed by atoms with E-state index < -0.39 is 0 Å². The third-order valence-corrected chi connectivity index (χ3v) is 3.51. The van der Waals surface area contributed by atoms with Crippen molar-refractivity contribution in [2.45, 2.75) is 31.8 Å². The average molecular weight is 252 g/mol. The zero-order valence-electron chi connectivity index (χ0n) is 11.4. The summed E-state index contributed by atoms with van der Waals surface area (Å²) in [6, 6.07) is 0.582. The van der Waals surface area contributed by atoms with Gasteiger partial charge < -0.3 is 19.5 Å². The highest BCUT2D eigenvalue weighted by Crippen LogP contribution is 2.23. The summed E-state index contributed by atoms with van der Waals surface area (Å²) in [5.41, 5.74) is 0. The van der Waals surface area contributed by atoms with E-state index in [1.165, 1.54) is 12.8 Å². The highest BCUT2D eigenvalue weighted by atomic mass is 16.5. The highest BCUT2D eigenvalue weighted by molar-refractivity contribution is 5.35. The molecule has 5 heteroatoms. The molecule has 0 amide bonds. The first-order valence-corrected chi connectivity index (χ1v) is 6.78. The predicted molar refractivity (Wildman–Crippen MR) is 73.0 cm³/mol. The van der Waals surface area contributed by atoms with E-state index in [9.17, 15) is 0 Å². The van der Waals surface area contributed by atoms with Crippen LogP contribution in [-0.2, 0) is 11.3 Å². The summed E-state index contributed by atoms with van der Waals surface area (Å²) in [5, 5.41) is 3.27. The van der Waals surface area contributed by atoms with Crippen molar-refractivity contribution in [1.29, 1.82) is 0 Å². The van der Waals surface area contributed by atoms with Crippen LogP contribution in [0.25, 0.3) is 0 Å². The van der Waals surface area contributed by atoms with Gasteiger partial charge in [0, 0.05) is 51.8 Å². The molecule has 1 fully saturated rings. The standard InChI is InChI=1S/C13H24N4O/c1-14-11-12-5-3-8-17(12)13-15-6-9-16(13)7-4-10-18-2/h6,9,12,14H,3-5,7-8,10-11H2,1-2H3. The molecule has 0 bridgehead atoms. The molecule has 5 nitrogen and oxygen atoms in total. The van der Waals surface area contributed by atoms with Crippen LogP contribution >= 0.6 is 0 Å². The minimum Gasteiger partial charge on any atom is -0.385 e. The van der Waals surface area contributed by atoms with Gasteiger partial charge in [-0.1, -0.05) is 0 Å². The molecule has 0 aliphatic carbocycles. The van der Waals surface area contributed by atoms with Crippen LogP contribution in [0.15, 0.2) is 12.4 Å². The van der Waals surface area contributed by atoms with E-state index in [1.54, 1.807) is 7.11 Å². The van der Waals surface area contributed by atoms with E-state index in [4.69, 9.17) is 4.74 Å². The van der Waals surface area contributed by atoms with Crippen LogP contribution in [-0.4, -0.2) is 49.4 Å². The van der Waals surface area contributed by atoms with Crippen LogP contribution in [0, 0.1) is 0 Å². The molecule has 1 aromatic heterocycles. The quantitative estimate of drug-likeness (QED) is 0.738. The second-order valence-corrected chi connectivity index (χ2v) is 4.81. The molecule has 0 saturated carbocycles. The van der Waals surface area contributed by atoms with Crippen molar-refractivity contribution >= 4 is 5.95 Å². The first-order chi connectivity index (χ1) is 8.86. The van der Waals surface area contributed by atoms with E-state index in [-0.39, 0.29) is 0 Å². The van der Waals surface area contributed by atoms with Crippen LogP contribution < -0.4 is 10.2 Å². The molecule has 2 rings (SSSR count).